The van der Waals surface area contributed by atoms with Crippen molar-refractivity contribution < 1.29 is 0 Å². The van der Waals surface area contributed by atoms with Crippen molar-refractivity contribution in [2.24, 2.45) is 17.3 Å². The quantitative estimate of drug-likeness (QED) is 0.116. The third-order valence-electron chi connectivity index (χ3n) is 5.91. The van der Waals surface area contributed by atoms with E-state index in [1.54, 1.807) is 0 Å². The van der Waals surface area contributed by atoms with Gasteiger partial charge in [-0.25, -0.2) is 0 Å². The van der Waals surface area contributed by atoms with Gasteiger partial charge >= 0.3 is 0 Å². The lowest BCUT2D eigenvalue weighted by molar-refractivity contribution is 0.591. The Kier molecular flexibility index (Phi) is 17.5. The van der Waals surface area contributed by atoms with E-state index in [4.69, 9.17) is 0 Å². The summed E-state index contributed by atoms with van der Waals surface area (Å²) in [7, 11) is 0. The van der Waals surface area contributed by atoms with E-state index < -0.39 is 0 Å². The maximum atomic E-state index is 4.49. The zero-order chi connectivity index (χ0) is 23.5. The Labute approximate surface area is 196 Å². The molecule has 0 spiro atoms. The standard InChI is InChI=1S/C31H54/c1-9-11-13-15-18-25-31(29(7)8,26-19-17-21-27(3)4)30(23-16-14-12-10-2)24-20-22-28(5)6/h18-20,23-28H,7,9-17,21-22H2,1-6,8H3/b24-20+,25-18?,26-19?,30-23+. The minimum atomic E-state index is -0.192. The zero-order valence-corrected chi connectivity index (χ0v) is 22.2. The van der Waals surface area contributed by atoms with Crippen molar-refractivity contribution in [2.75, 3.05) is 0 Å². The van der Waals surface area contributed by atoms with Gasteiger partial charge in [0, 0.05) is 0 Å². The molecule has 0 aromatic rings. The predicted octanol–water partition coefficient (Wildman–Crippen LogP) is 10.8. The smallest absolute Gasteiger partial charge is 0.0514 e. The summed E-state index contributed by atoms with van der Waals surface area (Å²) in [6.45, 7) is 20.4. The monoisotopic (exact) mass is 426 g/mol. The second-order valence-electron chi connectivity index (χ2n) is 10.1. The van der Waals surface area contributed by atoms with E-state index in [1.807, 2.05) is 0 Å². The van der Waals surface area contributed by atoms with E-state index in [-0.39, 0.29) is 5.41 Å². The highest BCUT2D eigenvalue weighted by molar-refractivity contribution is 5.45. The summed E-state index contributed by atoms with van der Waals surface area (Å²) in [6.07, 6.45) is 30.4. The Hall–Kier alpha value is -1.30. The van der Waals surface area contributed by atoms with Gasteiger partial charge in [0.05, 0.1) is 5.41 Å². The first-order valence-electron chi connectivity index (χ1n) is 13.2. The van der Waals surface area contributed by atoms with Crippen molar-refractivity contribution in [3.05, 3.63) is 60.3 Å². The molecule has 0 fully saturated rings. The summed E-state index contributed by atoms with van der Waals surface area (Å²) < 4.78 is 0. The number of allylic oxidation sites excluding steroid dienone is 9. The van der Waals surface area contributed by atoms with Crippen LogP contribution >= 0.6 is 0 Å². The van der Waals surface area contributed by atoms with Crippen LogP contribution in [0.4, 0.5) is 0 Å². The van der Waals surface area contributed by atoms with Gasteiger partial charge in [-0.05, 0) is 69.3 Å². The van der Waals surface area contributed by atoms with Gasteiger partial charge in [-0.1, -0.05) is 122 Å². The van der Waals surface area contributed by atoms with Crippen molar-refractivity contribution in [1.82, 2.24) is 0 Å². The molecule has 1 unspecified atom stereocenters. The highest BCUT2D eigenvalue weighted by atomic mass is 14.3. The van der Waals surface area contributed by atoms with Gasteiger partial charge in [-0.2, -0.15) is 0 Å². The van der Waals surface area contributed by atoms with E-state index in [1.165, 1.54) is 56.1 Å². The fourth-order valence-corrected chi connectivity index (χ4v) is 3.75. The fourth-order valence-electron chi connectivity index (χ4n) is 3.75. The molecule has 0 aliphatic heterocycles. The number of hydrogen-bond donors (Lipinski definition) is 0. The average molecular weight is 427 g/mol. The molecule has 0 nitrogen and oxygen atoms in total. The minimum Gasteiger partial charge on any atom is -0.0986 e. The van der Waals surface area contributed by atoms with Crippen LogP contribution < -0.4 is 0 Å². The second kappa shape index (κ2) is 18.3. The third-order valence-corrected chi connectivity index (χ3v) is 5.91. The highest BCUT2D eigenvalue weighted by Crippen LogP contribution is 2.40. The molecule has 0 aliphatic carbocycles. The zero-order valence-electron chi connectivity index (χ0n) is 22.2. The van der Waals surface area contributed by atoms with Crippen molar-refractivity contribution in [3.8, 4) is 0 Å². The maximum Gasteiger partial charge on any atom is 0.0514 e. The van der Waals surface area contributed by atoms with Gasteiger partial charge in [0.25, 0.3) is 0 Å². The van der Waals surface area contributed by atoms with Crippen LogP contribution in [-0.2, 0) is 0 Å². The molecule has 1 atom stereocenters. The summed E-state index contributed by atoms with van der Waals surface area (Å²) in [4.78, 5) is 0. The highest BCUT2D eigenvalue weighted by Gasteiger charge is 2.28. The minimum absolute atomic E-state index is 0.192. The molecular weight excluding hydrogens is 372 g/mol. The van der Waals surface area contributed by atoms with Crippen LogP contribution in [0.3, 0.4) is 0 Å². The van der Waals surface area contributed by atoms with Crippen LogP contribution in [0.1, 0.15) is 119 Å². The van der Waals surface area contributed by atoms with E-state index in [0.717, 1.165) is 31.6 Å². The molecule has 0 rings (SSSR count). The lowest BCUT2D eigenvalue weighted by Gasteiger charge is -2.31. The first-order chi connectivity index (χ1) is 14.8. The molecular formula is C31H54. The maximum absolute atomic E-state index is 4.49. The summed E-state index contributed by atoms with van der Waals surface area (Å²) in [5.74, 6) is 1.42. The van der Waals surface area contributed by atoms with Crippen LogP contribution in [0.2, 0.25) is 0 Å². The average Bonchev–Trinajstić information content (AvgIpc) is 2.70. The lowest BCUT2D eigenvalue weighted by atomic mass is 9.72. The van der Waals surface area contributed by atoms with E-state index in [0.29, 0.717) is 5.92 Å². The topological polar surface area (TPSA) is 0 Å². The van der Waals surface area contributed by atoms with E-state index >= 15 is 0 Å². The predicted molar refractivity (Wildman–Crippen MR) is 145 cm³/mol. The molecule has 0 saturated carbocycles. The first-order valence-corrected chi connectivity index (χ1v) is 13.2. The largest absolute Gasteiger partial charge is 0.0986 e. The SMILES string of the molecule is C=C(C)C(C=CCCCCC)(C=CCCC(C)C)C(/C=C/CC(C)C)=C/CCCCC. The van der Waals surface area contributed by atoms with Crippen molar-refractivity contribution in [3.63, 3.8) is 0 Å². The number of hydrogen-bond acceptors (Lipinski definition) is 0. The fraction of sp³-hybridized carbons (Fsp3) is 0.677. The molecule has 0 aliphatic rings. The Morgan fingerprint density at radius 1 is 0.774 bits per heavy atom. The molecule has 0 saturated heterocycles. The van der Waals surface area contributed by atoms with Crippen LogP contribution in [0.15, 0.2) is 60.3 Å². The van der Waals surface area contributed by atoms with Gasteiger partial charge in [0.2, 0.25) is 0 Å². The molecule has 0 aromatic heterocycles. The third kappa shape index (κ3) is 13.7. The Bertz CT molecular complexity index is 567. The molecule has 0 N–H and O–H groups in total. The molecule has 0 heterocycles. The summed E-state index contributed by atoms with van der Waals surface area (Å²) in [5.41, 5.74) is 2.43. The summed E-state index contributed by atoms with van der Waals surface area (Å²) in [6, 6.07) is 0. The molecule has 178 valence electrons. The van der Waals surface area contributed by atoms with Crippen LogP contribution in [-0.4, -0.2) is 0 Å². The van der Waals surface area contributed by atoms with Crippen LogP contribution in [0.25, 0.3) is 0 Å². The van der Waals surface area contributed by atoms with Crippen LogP contribution in [0.5, 0.6) is 0 Å². The van der Waals surface area contributed by atoms with E-state index in [2.05, 4.69) is 97.6 Å². The summed E-state index contributed by atoms with van der Waals surface area (Å²) >= 11 is 0. The molecule has 0 heteroatoms. The Morgan fingerprint density at radius 3 is 1.87 bits per heavy atom. The van der Waals surface area contributed by atoms with Gasteiger partial charge in [0.1, 0.15) is 0 Å². The normalized spacial score (nSPS) is 15.2. The Morgan fingerprint density at radius 2 is 1.35 bits per heavy atom. The second-order valence-corrected chi connectivity index (χ2v) is 10.1. The van der Waals surface area contributed by atoms with E-state index in [9.17, 15) is 0 Å². The van der Waals surface area contributed by atoms with Crippen molar-refractivity contribution in [2.45, 2.75) is 119 Å². The van der Waals surface area contributed by atoms with Crippen molar-refractivity contribution >= 4 is 0 Å². The van der Waals surface area contributed by atoms with Crippen molar-refractivity contribution in [1.29, 1.82) is 0 Å². The van der Waals surface area contributed by atoms with Gasteiger partial charge in [-0.3, -0.25) is 0 Å². The van der Waals surface area contributed by atoms with Crippen LogP contribution in [0, 0.1) is 17.3 Å². The van der Waals surface area contributed by atoms with Gasteiger partial charge in [-0.15, -0.1) is 0 Å². The number of unbranched alkanes of at least 4 members (excludes halogenated alkanes) is 6. The number of rotatable bonds is 18. The summed E-state index contributed by atoms with van der Waals surface area (Å²) in [5, 5.41) is 0. The molecule has 31 heavy (non-hydrogen) atoms. The van der Waals surface area contributed by atoms with Gasteiger partial charge < -0.3 is 0 Å². The lowest BCUT2D eigenvalue weighted by Crippen LogP contribution is -2.19. The molecule has 0 amide bonds. The Balaban J connectivity index is 6.03. The molecule has 0 aromatic carbocycles. The molecule has 0 radical (unpaired) electrons. The molecule has 0 bridgehead atoms. The first kappa shape index (κ1) is 29.7. The van der Waals surface area contributed by atoms with Gasteiger partial charge in [0.15, 0.2) is 0 Å².